The van der Waals surface area contributed by atoms with Gasteiger partial charge >= 0.3 is 0 Å². The average Bonchev–Trinajstić information content (AvgIpc) is 3.84. The van der Waals surface area contributed by atoms with Crippen LogP contribution in [0.25, 0.3) is 99.7 Å². The van der Waals surface area contributed by atoms with Crippen LogP contribution in [-0.4, -0.2) is 14.5 Å². The lowest BCUT2D eigenvalue weighted by atomic mass is 9.96. The Labute approximate surface area is 317 Å². The molecule has 2 atom stereocenters. The second-order valence-electron chi connectivity index (χ2n) is 14.9. The molecule has 3 aromatic heterocycles. The molecule has 4 heteroatoms. The van der Waals surface area contributed by atoms with E-state index in [9.17, 15) is 0 Å². The number of rotatable bonds is 5. The SMILES string of the molecule is C1=C(c2cccc(-c3nc(-c4ccccc4)c4ccccc4n3)c2)C=C(n2c3ccccc3c3cc(-c4cccc5c4oc4ccccc45)ccc32)C2CC12. The molecular weight excluding hydrogens is 671 g/mol. The highest BCUT2D eigenvalue weighted by molar-refractivity contribution is 6.14. The number of fused-ring (bicyclic) bond motifs is 8. The molecule has 0 saturated heterocycles. The number of para-hydroxylation sites is 4. The second kappa shape index (κ2) is 11.7. The van der Waals surface area contributed by atoms with E-state index in [1.807, 2.05) is 18.2 Å². The Morgan fingerprint density at radius 1 is 0.527 bits per heavy atom. The molecule has 1 fully saturated rings. The maximum Gasteiger partial charge on any atom is 0.160 e. The highest BCUT2D eigenvalue weighted by atomic mass is 16.3. The van der Waals surface area contributed by atoms with Gasteiger partial charge in [-0.2, -0.15) is 0 Å². The van der Waals surface area contributed by atoms with Crippen LogP contribution in [0, 0.1) is 11.8 Å². The normalized spacial score (nSPS) is 16.5. The van der Waals surface area contributed by atoms with E-state index < -0.39 is 0 Å². The molecule has 0 N–H and O–H groups in total. The Hall–Kier alpha value is -7.04. The monoisotopic (exact) mass is 703 g/mol. The first-order valence-electron chi connectivity index (χ1n) is 19.1. The lowest BCUT2D eigenvalue weighted by Gasteiger charge is -2.18. The fraction of sp³-hybridized carbons (Fsp3) is 0.0588. The van der Waals surface area contributed by atoms with Crippen molar-refractivity contribution < 1.29 is 4.42 Å². The third-order valence-electron chi connectivity index (χ3n) is 11.7. The Morgan fingerprint density at radius 3 is 2.18 bits per heavy atom. The first-order chi connectivity index (χ1) is 27.2. The first kappa shape index (κ1) is 30.4. The third-order valence-corrected chi connectivity index (χ3v) is 11.7. The number of furan rings is 1. The van der Waals surface area contributed by atoms with Crippen LogP contribution in [0.15, 0.2) is 180 Å². The number of benzene rings is 7. The van der Waals surface area contributed by atoms with Gasteiger partial charge in [0, 0.05) is 55.2 Å². The van der Waals surface area contributed by atoms with Gasteiger partial charge in [-0.05, 0) is 71.5 Å². The zero-order chi connectivity index (χ0) is 36.0. The van der Waals surface area contributed by atoms with E-state index in [0.717, 1.165) is 73.0 Å². The van der Waals surface area contributed by atoms with E-state index in [-0.39, 0.29) is 0 Å². The molecule has 0 bridgehead atoms. The Morgan fingerprint density at radius 2 is 1.25 bits per heavy atom. The van der Waals surface area contributed by atoms with Crippen LogP contribution < -0.4 is 0 Å². The van der Waals surface area contributed by atoms with Crippen LogP contribution in [0.3, 0.4) is 0 Å². The standard InChI is InChI=1S/C51H33N3O/c1-2-12-31(13-3-1)49-41-18-4-7-21-44(41)52-51(53-49)34-15-10-14-32(26-34)35-27-36-29-42(36)47(30-35)54-45-22-8-5-16-38(45)43-28-33(24-25-46(43)54)37-19-11-20-40-39-17-6-9-23-48(39)55-50(37)40/h1-28,30,36,42H,29H2. The molecule has 258 valence electrons. The quantitative estimate of drug-likeness (QED) is 0.179. The molecule has 10 aromatic rings. The number of hydrogen-bond acceptors (Lipinski definition) is 3. The fourth-order valence-electron chi connectivity index (χ4n) is 8.95. The van der Waals surface area contributed by atoms with Crippen molar-refractivity contribution in [1.82, 2.24) is 14.5 Å². The van der Waals surface area contributed by atoms with Crippen molar-refractivity contribution in [2.24, 2.45) is 11.8 Å². The summed E-state index contributed by atoms with van der Waals surface area (Å²) in [6, 6.07) is 58.1. The third kappa shape index (κ3) is 4.78. The molecule has 4 nitrogen and oxygen atoms in total. The molecule has 7 aromatic carbocycles. The summed E-state index contributed by atoms with van der Waals surface area (Å²) in [5.41, 5.74) is 14.4. The van der Waals surface area contributed by atoms with Crippen molar-refractivity contribution in [2.75, 3.05) is 0 Å². The van der Waals surface area contributed by atoms with Crippen LogP contribution in [0.1, 0.15) is 12.0 Å². The van der Waals surface area contributed by atoms with Gasteiger partial charge in [0.15, 0.2) is 5.82 Å². The van der Waals surface area contributed by atoms with Crippen LogP contribution >= 0.6 is 0 Å². The maximum absolute atomic E-state index is 6.46. The van der Waals surface area contributed by atoms with Crippen molar-refractivity contribution in [2.45, 2.75) is 6.42 Å². The average molecular weight is 704 g/mol. The van der Waals surface area contributed by atoms with Gasteiger partial charge < -0.3 is 8.98 Å². The van der Waals surface area contributed by atoms with E-state index >= 15 is 0 Å². The molecule has 0 spiro atoms. The minimum atomic E-state index is 0.493. The van der Waals surface area contributed by atoms with E-state index in [1.165, 1.54) is 38.6 Å². The minimum absolute atomic E-state index is 0.493. The zero-order valence-corrected chi connectivity index (χ0v) is 29.9. The molecule has 0 radical (unpaired) electrons. The van der Waals surface area contributed by atoms with Gasteiger partial charge in [0.1, 0.15) is 11.2 Å². The molecule has 1 saturated carbocycles. The van der Waals surface area contributed by atoms with Gasteiger partial charge in [0.2, 0.25) is 0 Å². The molecule has 55 heavy (non-hydrogen) atoms. The van der Waals surface area contributed by atoms with Gasteiger partial charge in [0.05, 0.1) is 22.2 Å². The zero-order valence-electron chi connectivity index (χ0n) is 29.9. The largest absolute Gasteiger partial charge is 0.455 e. The highest BCUT2D eigenvalue weighted by Gasteiger charge is 2.42. The van der Waals surface area contributed by atoms with E-state index in [1.54, 1.807) is 0 Å². The molecule has 0 aliphatic heterocycles. The van der Waals surface area contributed by atoms with Crippen LogP contribution in [0.2, 0.25) is 0 Å². The smallest absolute Gasteiger partial charge is 0.160 e. The van der Waals surface area contributed by atoms with Gasteiger partial charge in [-0.1, -0.05) is 133 Å². The summed E-state index contributed by atoms with van der Waals surface area (Å²) in [4.78, 5) is 10.2. The summed E-state index contributed by atoms with van der Waals surface area (Å²) in [5.74, 6) is 1.74. The van der Waals surface area contributed by atoms with Crippen LogP contribution in [-0.2, 0) is 0 Å². The van der Waals surface area contributed by atoms with E-state index in [2.05, 4.69) is 162 Å². The Kier molecular flexibility index (Phi) is 6.49. The summed E-state index contributed by atoms with van der Waals surface area (Å²) in [5, 5.41) is 5.86. The summed E-state index contributed by atoms with van der Waals surface area (Å²) in [7, 11) is 0. The van der Waals surface area contributed by atoms with Crippen LogP contribution in [0.5, 0.6) is 0 Å². The van der Waals surface area contributed by atoms with Gasteiger partial charge in [-0.3, -0.25) is 0 Å². The summed E-state index contributed by atoms with van der Waals surface area (Å²) in [6.45, 7) is 0. The lowest BCUT2D eigenvalue weighted by molar-refractivity contribution is 0.670. The number of aromatic nitrogens is 3. The molecule has 12 rings (SSSR count). The van der Waals surface area contributed by atoms with E-state index in [0.29, 0.717) is 11.8 Å². The highest BCUT2D eigenvalue weighted by Crippen LogP contribution is 2.54. The molecule has 2 aliphatic carbocycles. The van der Waals surface area contributed by atoms with Crippen molar-refractivity contribution in [3.05, 3.63) is 182 Å². The van der Waals surface area contributed by atoms with Gasteiger partial charge in [-0.25, -0.2) is 9.97 Å². The maximum atomic E-state index is 6.46. The minimum Gasteiger partial charge on any atom is -0.455 e. The predicted molar refractivity (Wildman–Crippen MR) is 226 cm³/mol. The molecular formula is C51H33N3O. The predicted octanol–water partition coefficient (Wildman–Crippen LogP) is 13.2. The summed E-state index contributed by atoms with van der Waals surface area (Å²) >= 11 is 0. The van der Waals surface area contributed by atoms with E-state index in [4.69, 9.17) is 14.4 Å². The lowest BCUT2D eigenvalue weighted by Crippen LogP contribution is -2.04. The number of nitrogens with zero attached hydrogens (tertiary/aromatic N) is 3. The van der Waals surface area contributed by atoms with Crippen molar-refractivity contribution in [1.29, 1.82) is 0 Å². The first-order valence-corrected chi connectivity index (χ1v) is 19.1. The van der Waals surface area contributed by atoms with Crippen molar-refractivity contribution >= 4 is 65.9 Å². The van der Waals surface area contributed by atoms with Gasteiger partial charge in [0.25, 0.3) is 0 Å². The summed E-state index contributed by atoms with van der Waals surface area (Å²) < 4.78 is 8.99. The molecule has 2 unspecified atom stereocenters. The Bertz CT molecular complexity index is 3250. The Balaban J connectivity index is 0.975. The topological polar surface area (TPSA) is 43.9 Å². The number of allylic oxidation sites excluding steroid dienone is 4. The molecule has 2 aliphatic rings. The molecule has 0 amide bonds. The number of hydrogen-bond donors (Lipinski definition) is 0. The fourth-order valence-corrected chi connectivity index (χ4v) is 8.95. The molecule has 3 heterocycles. The van der Waals surface area contributed by atoms with Crippen LogP contribution in [0.4, 0.5) is 0 Å². The summed E-state index contributed by atoms with van der Waals surface area (Å²) in [6.07, 6.45) is 6.06. The van der Waals surface area contributed by atoms with Crippen molar-refractivity contribution in [3.63, 3.8) is 0 Å². The van der Waals surface area contributed by atoms with Gasteiger partial charge in [-0.15, -0.1) is 0 Å². The van der Waals surface area contributed by atoms with Crippen molar-refractivity contribution in [3.8, 4) is 33.8 Å². The second-order valence-corrected chi connectivity index (χ2v) is 14.9.